The number of rotatable bonds is 2. The second kappa shape index (κ2) is 5.62. The third-order valence-electron chi connectivity index (χ3n) is 4.82. The lowest BCUT2D eigenvalue weighted by Gasteiger charge is -2.38. The minimum absolute atomic E-state index is 0.161. The Labute approximate surface area is 117 Å². The molecule has 1 fully saturated rings. The van der Waals surface area contributed by atoms with E-state index in [9.17, 15) is 0 Å². The second-order valence-corrected chi connectivity index (χ2v) is 7.24. The van der Waals surface area contributed by atoms with Crippen molar-refractivity contribution in [3.05, 3.63) is 29.6 Å². The van der Waals surface area contributed by atoms with Crippen molar-refractivity contribution >= 4 is 0 Å². The highest BCUT2D eigenvalue weighted by molar-refractivity contribution is 5.17. The summed E-state index contributed by atoms with van der Waals surface area (Å²) >= 11 is 0. The van der Waals surface area contributed by atoms with Crippen LogP contribution in [0.4, 0.5) is 0 Å². The molecule has 1 aliphatic carbocycles. The minimum Gasteiger partial charge on any atom is -0.324 e. The van der Waals surface area contributed by atoms with Crippen LogP contribution in [-0.2, 0) is 0 Å². The molecule has 1 unspecified atom stereocenters. The van der Waals surface area contributed by atoms with Gasteiger partial charge < -0.3 is 5.73 Å². The Morgan fingerprint density at radius 2 is 1.79 bits per heavy atom. The van der Waals surface area contributed by atoms with Crippen molar-refractivity contribution in [3.8, 4) is 0 Å². The van der Waals surface area contributed by atoms with Crippen LogP contribution in [0.3, 0.4) is 0 Å². The summed E-state index contributed by atoms with van der Waals surface area (Å²) in [6.45, 7) is 9.11. The first-order valence-electron chi connectivity index (χ1n) is 7.56. The normalized spacial score (nSPS) is 26.2. The van der Waals surface area contributed by atoms with Crippen LogP contribution in [0.1, 0.15) is 63.8 Å². The molecule has 1 aromatic heterocycles. The van der Waals surface area contributed by atoms with Crippen molar-refractivity contribution in [2.75, 3.05) is 0 Å². The molecule has 2 heteroatoms. The summed E-state index contributed by atoms with van der Waals surface area (Å²) in [5.74, 6) is 1.48. The van der Waals surface area contributed by atoms with E-state index in [0.717, 1.165) is 11.6 Å². The van der Waals surface area contributed by atoms with E-state index in [1.807, 2.05) is 13.1 Å². The number of nitrogens with zero attached hydrogens (tertiary/aromatic N) is 1. The molecular formula is C17H28N2. The number of aryl methyl sites for hydroxylation is 1. The summed E-state index contributed by atoms with van der Waals surface area (Å²) in [6, 6.07) is 4.37. The minimum atomic E-state index is 0.161. The van der Waals surface area contributed by atoms with Crippen molar-refractivity contribution in [1.29, 1.82) is 0 Å². The first-order chi connectivity index (χ1) is 8.88. The lowest BCUT2D eigenvalue weighted by Crippen LogP contribution is -2.30. The van der Waals surface area contributed by atoms with Gasteiger partial charge in [0.1, 0.15) is 0 Å². The van der Waals surface area contributed by atoms with Gasteiger partial charge in [0.05, 0.1) is 0 Å². The molecule has 1 aromatic rings. The summed E-state index contributed by atoms with van der Waals surface area (Å²) in [5, 5.41) is 0. The van der Waals surface area contributed by atoms with Gasteiger partial charge >= 0.3 is 0 Å². The molecule has 0 aromatic carbocycles. The van der Waals surface area contributed by atoms with Gasteiger partial charge in [-0.3, -0.25) is 4.98 Å². The Balaban J connectivity index is 1.96. The number of hydrogen-bond donors (Lipinski definition) is 1. The van der Waals surface area contributed by atoms with E-state index in [0.29, 0.717) is 11.3 Å². The largest absolute Gasteiger partial charge is 0.324 e. The fourth-order valence-electron chi connectivity index (χ4n) is 3.29. The lowest BCUT2D eigenvalue weighted by atomic mass is 9.68. The molecule has 1 aliphatic rings. The van der Waals surface area contributed by atoms with Crippen LogP contribution in [0.15, 0.2) is 18.3 Å². The van der Waals surface area contributed by atoms with E-state index in [1.54, 1.807) is 0 Å². The summed E-state index contributed by atoms with van der Waals surface area (Å²) < 4.78 is 0. The van der Waals surface area contributed by atoms with E-state index < -0.39 is 0 Å². The van der Waals surface area contributed by atoms with Gasteiger partial charge in [0.2, 0.25) is 0 Å². The predicted molar refractivity (Wildman–Crippen MR) is 80.8 cm³/mol. The molecule has 1 heterocycles. The summed E-state index contributed by atoms with van der Waals surface area (Å²) in [4.78, 5) is 4.37. The maximum absolute atomic E-state index is 6.43. The maximum Gasteiger partial charge on any atom is 0.0372 e. The van der Waals surface area contributed by atoms with Gasteiger partial charge in [-0.15, -0.1) is 0 Å². The predicted octanol–water partition coefficient (Wildman–Crippen LogP) is 4.24. The van der Waals surface area contributed by atoms with Crippen LogP contribution in [0, 0.1) is 24.2 Å². The van der Waals surface area contributed by atoms with Crippen LogP contribution in [-0.4, -0.2) is 4.98 Å². The zero-order valence-electron chi connectivity index (χ0n) is 12.8. The van der Waals surface area contributed by atoms with Crippen molar-refractivity contribution in [2.45, 2.75) is 59.4 Å². The van der Waals surface area contributed by atoms with Crippen LogP contribution in [0.5, 0.6) is 0 Å². The molecule has 2 rings (SSSR count). The fraction of sp³-hybridized carbons (Fsp3) is 0.706. The number of aromatic nitrogens is 1. The van der Waals surface area contributed by atoms with Gasteiger partial charge in [-0.25, -0.2) is 0 Å². The number of nitrogens with two attached hydrogens (primary N) is 1. The van der Waals surface area contributed by atoms with Gasteiger partial charge in [-0.05, 0) is 61.5 Å². The molecule has 19 heavy (non-hydrogen) atoms. The standard InChI is InChI=1S/C17H28N2/c1-12-5-6-14(11-19-12)16(18)13-7-9-15(10-8-13)17(2,3)4/h5-6,11,13,15-16H,7-10,18H2,1-4H3. The quantitative estimate of drug-likeness (QED) is 0.863. The lowest BCUT2D eigenvalue weighted by molar-refractivity contribution is 0.139. The van der Waals surface area contributed by atoms with Gasteiger partial charge in [-0.1, -0.05) is 26.8 Å². The third kappa shape index (κ3) is 3.56. The van der Waals surface area contributed by atoms with E-state index in [1.165, 1.54) is 31.2 Å². The van der Waals surface area contributed by atoms with Gasteiger partial charge in [0.25, 0.3) is 0 Å². The Morgan fingerprint density at radius 1 is 1.16 bits per heavy atom. The molecule has 0 amide bonds. The van der Waals surface area contributed by atoms with Crippen LogP contribution in [0.25, 0.3) is 0 Å². The van der Waals surface area contributed by atoms with Gasteiger partial charge in [0, 0.05) is 17.9 Å². The number of pyridine rings is 1. The molecule has 0 spiro atoms. The summed E-state index contributed by atoms with van der Waals surface area (Å²) in [7, 11) is 0. The van der Waals surface area contributed by atoms with E-state index in [4.69, 9.17) is 5.73 Å². The van der Waals surface area contributed by atoms with Crippen LogP contribution in [0.2, 0.25) is 0 Å². The van der Waals surface area contributed by atoms with Crippen LogP contribution < -0.4 is 5.73 Å². The molecule has 0 saturated heterocycles. The summed E-state index contributed by atoms with van der Waals surface area (Å²) in [6.07, 6.45) is 7.12. The molecule has 106 valence electrons. The smallest absolute Gasteiger partial charge is 0.0372 e. The highest BCUT2D eigenvalue weighted by Crippen LogP contribution is 2.42. The Kier molecular flexibility index (Phi) is 4.29. The van der Waals surface area contributed by atoms with E-state index in [2.05, 4.69) is 37.9 Å². The van der Waals surface area contributed by atoms with E-state index >= 15 is 0 Å². The van der Waals surface area contributed by atoms with Gasteiger partial charge in [-0.2, -0.15) is 0 Å². The first kappa shape index (κ1) is 14.5. The van der Waals surface area contributed by atoms with E-state index in [-0.39, 0.29) is 6.04 Å². The Bertz CT molecular complexity index is 394. The Hall–Kier alpha value is -0.890. The van der Waals surface area contributed by atoms with Crippen molar-refractivity contribution in [3.63, 3.8) is 0 Å². The van der Waals surface area contributed by atoms with Crippen molar-refractivity contribution in [2.24, 2.45) is 23.0 Å². The van der Waals surface area contributed by atoms with Crippen molar-refractivity contribution < 1.29 is 0 Å². The Morgan fingerprint density at radius 3 is 2.26 bits per heavy atom. The third-order valence-corrected chi connectivity index (χ3v) is 4.82. The van der Waals surface area contributed by atoms with Gasteiger partial charge in [0.15, 0.2) is 0 Å². The fourth-order valence-corrected chi connectivity index (χ4v) is 3.29. The van der Waals surface area contributed by atoms with Crippen molar-refractivity contribution in [1.82, 2.24) is 4.98 Å². The highest BCUT2D eigenvalue weighted by atomic mass is 14.7. The topological polar surface area (TPSA) is 38.9 Å². The molecule has 0 bridgehead atoms. The highest BCUT2D eigenvalue weighted by Gasteiger charge is 2.32. The SMILES string of the molecule is Cc1ccc(C(N)C2CCC(C(C)(C)C)CC2)cn1. The van der Waals surface area contributed by atoms with Crippen LogP contribution >= 0.6 is 0 Å². The number of hydrogen-bond acceptors (Lipinski definition) is 2. The second-order valence-electron chi connectivity index (χ2n) is 7.24. The average molecular weight is 260 g/mol. The molecule has 0 radical (unpaired) electrons. The molecule has 2 N–H and O–H groups in total. The zero-order chi connectivity index (χ0) is 14.0. The molecular weight excluding hydrogens is 232 g/mol. The molecule has 0 aliphatic heterocycles. The maximum atomic E-state index is 6.43. The summed E-state index contributed by atoms with van der Waals surface area (Å²) in [5.41, 5.74) is 9.14. The first-order valence-corrected chi connectivity index (χ1v) is 7.56. The molecule has 2 nitrogen and oxygen atoms in total. The zero-order valence-corrected chi connectivity index (χ0v) is 12.8. The monoisotopic (exact) mass is 260 g/mol. The molecule has 1 atom stereocenters. The molecule has 1 saturated carbocycles. The average Bonchev–Trinajstić information content (AvgIpc) is 2.38.